The van der Waals surface area contributed by atoms with E-state index in [2.05, 4.69) is 0 Å². The third-order valence-electron chi connectivity index (χ3n) is 5.21. The summed E-state index contributed by atoms with van der Waals surface area (Å²) in [5.41, 5.74) is 4.88. The van der Waals surface area contributed by atoms with Crippen molar-refractivity contribution in [1.29, 1.82) is 0 Å². The molecule has 27 heavy (non-hydrogen) atoms. The molecule has 2 aromatic rings. The van der Waals surface area contributed by atoms with E-state index >= 15 is 0 Å². The zero-order chi connectivity index (χ0) is 19.6. The van der Waals surface area contributed by atoms with Crippen LogP contribution in [0.4, 0.5) is 5.69 Å². The van der Waals surface area contributed by atoms with E-state index in [4.69, 9.17) is 11.6 Å². The molecule has 0 saturated carbocycles. The number of anilines is 1. The molecule has 0 spiro atoms. The van der Waals surface area contributed by atoms with Crippen molar-refractivity contribution in [1.82, 2.24) is 4.90 Å². The van der Waals surface area contributed by atoms with Crippen LogP contribution in [0.3, 0.4) is 0 Å². The van der Waals surface area contributed by atoms with Gasteiger partial charge in [0.05, 0.1) is 6.54 Å². The second-order valence-corrected chi connectivity index (χ2v) is 7.28. The fourth-order valence-corrected chi connectivity index (χ4v) is 3.86. The highest BCUT2D eigenvalue weighted by Crippen LogP contribution is 2.31. The number of carbonyl (C=O) groups excluding carboxylic acids is 2. The summed E-state index contributed by atoms with van der Waals surface area (Å²) < 4.78 is 0. The van der Waals surface area contributed by atoms with Gasteiger partial charge >= 0.3 is 0 Å². The van der Waals surface area contributed by atoms with Gasteiger partial charge in [-0.1, -0.05) is 17.7 Å². The lowest BCUT2D eigenvalue weighted by atomic mass is 9.93. The molecule has 5 heteroatoms. The van der Waals surface area contributed by atoms with Gasteiger partial charge in [0, 0.05) is 36.3 Å². The number of halogens is 1. The van der Waals surface area contributed by atoms with Crippen LogP contribution >= 0.6 is 11.6 Å². The highest BCUT2D eigenvalue weighted by Gasteiger charge is 2.22. The summed E-state index contributed by atoms with van der Waals surface area (Å²) in [4.78, 5) is 28.6. The molecule has 0 bridgehead atoms. The molecule has 1 aliphatic heterocycles. The van der Waals surface area contributed by atoms with Gasteiger partial charge in [-0.15, -0.1) is 0 Å². The lowest BCUT2D eigenvalue weighted by Gasteiger charge is -2.28. The molecule has 0 radical (unpaired) electrons. The van der Waals surface area contributed by atoms with Gasteiger partial charge in [0.15, 0.2) is 0 Å². The minimum atomic E-state index is -0.00489. The van der Waals surface area contributed by atoms with E-state index in [0.717, 1.165) is 35.2 Å². The number of hydrogen-bond acceptors (Lipinski definition) is 2. The molecule has 0 unspecified atom stereocenters. The Morgan fingerprint density at radius 3 is 2.37 bits per heavy atom. The van der Waals surface area contributed by atoms with Crippen LogP contribution in [0, 0.1) is 0 Å². The number of nitrogens with zero attached hydrogens (tertiary/aromatic N) is 2. The highest BCUT2D eigenvalue weighted by atomic mass is 35.5. The van der Waals surface area contributed by atoms with E-state index in [0.29, 0.717) is 30.2 Å². The quantitative estimate of drug-likeness (QED) is 0.783. The molecule has 0 aromatic heterocycles. The van der Waals surface area contributed by atoms with E-state index in [-0.39, 0.29) is 11.8 Å². The van der Waals surface area contributed by atoms with E-state index < -0.39 is 0 Å². The summed E-state index contributed by atoms with van der Waals surface area (Å²) in [5.74, 6) is 0.0476. The number of carbonyl (C=O) groups is 2. The van der Waals surface area contributed by atoms with E-state index in [1.165, 1.54) is 0 Å². The standard InChI is InChI=1S/C22H25ClN2O2/c1-4-24(5-2)22(27)18-8-9-19-14-25(15(3)26)21-11-10-20(23)13-17(21)7-6-16(19)12-18/h8-13H,4-7,14H2,1-3H3. The van der Waals surface area contributed by atoms with Crippen molar-refractivity contribution >= 4 is 29.1 Å². The molecule has 0 atom stereocenters. The second kappa shape index (κ2) is 8.13. The highest BCUT2D eigenvalue weighted by molar-refractivity contribution is 6.30. The average Bonchev–Trinajstić information content (AvgIpc) is 2.64. The summed E-state index contributed by atoms with van der Waals surface area (Å²) >= 11 is 6.18. The molecular formula is C22H25ClN2O2. The van der Waals surface area contributed by atoms with Crippen LogP contribution < -0.4 is 4.90 Å². The van der Waals surface area contributed by atoms with Crippen LogP contribution in [-0.4, -0.2) is 29.8 Å². The Morgan fingerprint density at radius 2 is 1.70 bits per heavy atom. The van der Waals surface area contributed by atoms with Gasteiger partial charge in [0.2, 0.25) is 5.91 Å². The molecule has 3 rings (SSSR count). The van der Waals surface area contributed by atoms with Crippen molar-refractivity contribution in [2.24, 2.45) is 0 Å². The first-order chi connectivity index (χ1) is 12.9. The topological polar surface area (TPSA) is 40.6 Å². The van der Waals surface area contributed by atoms with Crippen molar-refractivity contribution in [3.63, 3.8) is 0 Å². The molecular weight excluding hydrogens is 360 g/mol. The maximum atomic E-state index is 12.7. The summed E-state index contributed by atoms with van der Waals surface area (Å²) in [6.45, 7) is 7.44. The molecule has 2 aromatic carbocycles. The van der Waals surface area contributed by atoms with Crippen molar-refractivity contribution < 1.29 is 9.59 Å². The van der Waals surface area contributed by atoms with Gasteiger partial charge < -0.3 is 9.80 Å². The van der Waals surface area contributed by atoms with Crippen molar-refractivity contribution in [2.75, 3.05) is 18.0 Å². The normalized spacial score (nSPS) is 13.3. The predicted octanol–water partition coefficient (Wildman–Crippen LogP) is 4.47. The van der Waals surface area contributed by atoms with Gasteiger partial charge in [-0.05, 0) is 73.7 Å². The number of benzene rings is 2. The summed E-state index contributed by atoms with van der Waals surface area (Å²) in [6.07, 6.45) is 1.59. The van der Waals surface area contributed by atoms with Gasteiger partial charge in [-0.2, -0.15) is 0 Å². The zero-order valence-corrected chi connectivity index (χ0v) is 16.8. The number of fused-ring (bicyclic) bond motifs is 2. The predicted molar refractivity (Wildman–Crippen MR) is 109 cm³/mol. The Bertz CT molecular complexity index is 875. The molecule has 4 nitrogen and oxygen atoms in total. The molecule has 0 aliphatic carbocycles. The number of rotatable bonds is 3. The molecule has 0 N–H and O–H groups in total. The molecule has 2 amide bonds. The number of hydrogen-bond donors (Lipinski definition) is 0. The maximum Gasteiger partial charge on any atom is 0.253 e. The maximum absolute atomic E-state index is 12.7. The largest absolute Gasteiger partial charge is 0.339 e. The number of amides is 2. The Hall–Kier alpha value is -2.33. The van der Waals surface area contributed by atoms with Gasteiger partial charge in [0.25, 0.3) is 5.91 Å². The lowest BCUT2D eigenvalue weighted by molar-refractivity contribution is -0.116. The summed E-state index contributed by atoms with van der Waals surface area (Å²) in [7, 11) is 0. The minimum absolute atomic E-state index is 0.00489. The first-order valence-corrected chi connectivity index (χ1v) is 9.80. The van der Waals surface area contributed by atoms with E-state index in [1.807, 2.05) is 55.1 Å². The van der Waals surface area contributed by atoms with Crippen molar-refractivity contribution in [2.45, 2.75) is 40.2 Å². The first kappa shape index (κ1) is 19.4. The van der Waals surface area contributed by atoms with Crippen LogP contribution in [0.1, 0.15) is 47.8 Å². The van der Waals surface area contributed by atoms with Crippen LogP contribution in [0.15, 0.2) is 36.4 Å². The van der Waals surface area contributed by atoms with Crippen LogP contribution in [0.25, 0.3) is 0 Å². The Labute approximate surface area is 165 Å². The smallest absolute Gasteiger partial charge is 0.253 e. The van der Waals surface area contributed by atoms with Crippen LogP contribution in [0.2, 0.25) is 5.02 Å². The van der Waals surface area contributed by atoms with E-state index in [1.54, 1.807) is 11.8 Å². The molecule has 142 valence electrons. The Kier molecular flexibility index (Phi) is 5.85. The third kappa shape index (κ3) is 4.01. The summed E-state index contributed by atoms with van der Waals surface area (Å²) in [6, 6.07) is 11.5. The van der Waals surface area contributed by atoms with Crippen molar-refractivity contribution in [3.05, 3.63) is 63.7 Å². The lowest BCUT2D eigenvalue weighted by Crippen LogP contribution is -2.32. The first-order valence-electron chi connectivity index (χ1n) is 9.42. The average molecular weight is 385 g/mol. The van der Waals surface area contributed by atoms with Gasteiger partial charge in [-0.25, -0.2) is 0 Å². The second-order valence-electron chi connectivity index (χ2n) is 6.84. The van der Waals surface area contributed by atoms with E-state index in [9.17, 15) is 9.59 Å². The van der Waals surface area contributed by atoms with Gasteiger partial charge in [-0.3, -0.25) is 9.59 Å². The Balaban J connectivity index is 2.00. The molecule has 1 heterocycles. The van der Waals surface area contributed by atoms with Gasteiger partial charge in [0.1, 0.15) is 0 Å². The fourth-order valence-electron chi connectivity index (χ4n) is 3.66. The fraction of sp³-hybridized carbons (Fsp3) is 0.364. The molecule has 0 saturated heterocycles. The molecule has 0 fully saturated rings. The van der Waals surface area contributed by atoms with Crippen molar-refractivity contribution in [3.8, 4) is 0 Å². The number of aryl methyl sites for hydroxylation is 2. The molecule has 1 aliphatic rings. The summed E-state index contributed by atoms with van der Waals surface area (Å²) in [5, 5.41) is 0.670. The monoisotopic (exact) mass is 384 g/mol. The van der Waals surface area contributed by atoms with Crippen LogP contribution in [0.5, 0.6) is 0 Å². The SMILES string of the molecule is CCN(CC)C(=O)c1ccc2c(c1)CCc1cc(Cl)ccc1N(C(C)=O)C2. The Morgan fingerprint density at radius 1 is 1.00 bits per heavy atom. The minimum Gasteiger partial charge on any atom is -0.339 e. The van der Waals surface area contributed by atoms with Crippen LogP contribution in [-0.2, 0) is 24.2 Å². The third-order valence-corrected chi connectivity index (χ3v) is 5.44. The zero-order valence-electron chi connectivity index (χ0n) is 16.1.